The van der Waals surface area contributed by atoms with Gasteiger partial charge in [-0.2, -0.15) is 0 Å². The SMILES string of the molecule is Cc1c(C(=O)NC2NC=CS2)oc2c1C(=O)CC(C)(C)C2. The maximum atomic E-state index is 12.3. The van der Waals surface area contributed by atoms with Gasteiger partial charge < -0.3 is 15.1 Å². The van der Waals surface area contributed by atoms with Crippen molar-refractivity contribution in [3.8, 4) is 0 Å². The summed E-state index contributed by atoms with van der Waals surface area (Å²) in [6, 6.07) is 0. The van der Waals surface area contributed by atoms with Crippen molar-refractivity contribution in [2.45, 2.75) is 39.1 Å². The molecule has 1 aromatic heterocycles. The zero-order valence-electron chi connectivity index (χ0n) is 12.3. The zero-order chi connectivity index (χ0) is 15.2. The molecule has 3 rings (SSSR count). The van der Waals surface area contributed by atoms with Gasteiger partial charge in [0.15, 0.2) is 17.0 Å². The zero-order valence-corrected chi connectivity index (χ0v) is 13.1. The highest BCUT2D eigenvalue weighted by molar-refractivity contribution is 8.02. The molecule has 6 heteroatoms. The van der Waals surface area contributed by atoms with Crippen LogP contribution < -0.4 is 10.6 Å². The quantitative estimate of drug-likeness (QED) is 0.878. The predicted molar refractivity (Wildman–Crippen MR) is 81.0 cm³/mol. The van der Waals surface area contributed by atoms with Gasteiger partial charge in [0.1, 0.15) is 5.76 Å². The van der Waals surface area contributed by atoms with Gasteiger partial charge in [0, 0.05) is 24.6 Å². The minimum Gasteiger partial charge on any atom is -0.455 e. The summed E-state index contributed by atoms with van der Waals surface area (Å²) in [6.45, 7) is 5.85. The molecule has 0 aromatic carbocycles. The first-order valence-corrected chi connectivity index (χ1v) is 7.84. The van der Waals surface area contributed by atoms with Crippen LogP contribution in [0.15, 0.2) is 16.0 Å². The van der Waals surface area contributed by atoms with Gasteiger partial charge >= 0.3 is 0 Å². The Morgan fingerprint density at radius 1 is 1.48 bits per heavy atom. The molecule has 1 unspecified atom stereocenters. The van der Waals surface area contributed by atoms with Crippen molar-refractivity contribution in [2.24, 2.45) is 5.41 Å². The van der Waals surface area contributed by atoms with Gasteiger partial charge in [-0.1, -0.05) is 25.6 Å². The molecule has 1 aliphatic carbocycles. The summed E-state index contributed by atoms with van der Waals surface area (Å²) in [7, 11) is 0. The van der Waals surface area contributed by atoms with Crippen molar-refractivity contribution in [3.63, 3.8) is 0 Å². The second-order valence-electron chi connectivity index (χ2n) is 6.25. The number of carbonyl (C=O) groups is 2. The van der Waals surface area contributed by atoms with E-state index in [4.69, 9.17) is 4.42 Å². The van der Waals surface area contributed by atoms with Gasteiger partial charge in [-0.15, -0.1) is 0 Å². The number of ketones is 1. The maximum Gasteiger partial charge on any atom is 0.289 e. The van der Waals surface area contributed by atoms with E-state index >= 15 is 0 Å². The van der Waals surface area contributed by atoms with Crippen LogP contribution in [0.5, 0.6) is 0 Å². The van der Waals surface area contributed by atoms with E-state index < -0.39 is 0 Å². The molecule has 1 aromatic rings. The summed E-state index contributed by atoms with van der Waals surface area (Å²) in [5, 5.41) is 7.70. The van der Waals surface area contributed by atoms with E-state index in [-0.39, 0.29) is 28.4 Å². The third kappa shape index (κ3) is 2.60. The second-order valence-corrected chi connectivity index (χ2v) is 7.27. The van der Waals surface area contributed by atoms with Crippen molar-refractivity contribution in [3.05, 3.63) is 34.3 Å². The Morgan fingerprint density at radius 2 is 2.24 bits per heavy atom. The number of hydrogen-bond donors (Lipinski definition) is 2. The fourth-order valence-corrected chi connectivity index (χ4v) is 3.49. The molecule has 0 fully saturated rings. The Labute approximate surface area is 127 Å². The first kappa shape index (κ1) is 14.3. The number of amides is 1. The predicted octanol–water partition coefficient (Wildman–Crippen LogP) is 2.56. The van der Waals surface area contributed by atoms with Gasteiger partial charge in [0.2, 0.25) is 0 Å². The standard InChI is InChI=1S/C15H18N2O3S/c1-8-11-9(18)6-15(2,3)7-10(11)20-12(8)13(19)17-14-16-4-5-21-14/h4-5,14,16H,6-7H2,1-3H3,(H,17,19). The molecule has 21 heavy (non-hydrogen) atoms. The van der Waals surface area contributed by atoms with E-state index in [1.165, 1.54) is 11.8 Å². The number of Topliss-reactive ketones (excluding diaryl/α,β-unsaturated/α-hetero) is 1. The van der Waals surface area contributed by atoms with Crippen molar-refractivity contribution >= 4 is 23.5 Å². The Morgan fingerprint density at radius 3 is 2.90 bits per heavy atom. The minimum atomic E-state index is -0.291. The number of hydrogen-bond acceptors (Lipinski definition) is 5. The van der Waals surface area contributed by atoms with Gasteiger partial charge in [-0.05, 0) is 17.7 Å². The Kier molecular flexibility index (Phi) is 3.36. The van der Waals surface area contributed by atoms with Crippen molar-refractivity contribution < 1.29 is 14.0 Å². The number of carbonyl (C=O) groups excluding carboxylic acids is 2. The number of fused-ring (bicyclic) bond motifs is 1. The molecule has 0 spiro atoms. The van der Waals surface area contributed by atoms with Crippen LogP contribution in [-0.2, 0) is 6.42 Å². The van der Waals surface area contributed by atoms with Crippen LogP contribution in [0.4, 0.5) is 0 Å². The van der Waals surface area contributed by atoms with Crippen molar-refractivity contribution in [1.82, 2.24) is 10.6 Å². The lowest BCUT2D eigenvalue weighted by atomic mass is 9.76. The average molecular weight is 306 g/mol. The van der Waals surface area contributed by atoms with Crippen molar-refractivity contribution in [1.29, 1.82) is 0 Å². The van der Waals surface area contributed by atoms with Gasteiger partial charge in [-0.3, -0.25) is 9.59 Å². The molecule has 0 saturated carbocycles. The Bertz CT molecular complexity index is 638. The molecule has 5 nitrogen and oxygen atoms in total. The lowest BCUT2D eigenvalue weighted by Gasteiger charge is -2.27. The minimum absolute atomic E-state index is 0.0663. The third-order valence-corrected chi connectivity index (χ3v) is 4.59. The van der Waals surface area contributed by atoms with Crippen LogP contribution in [0.25, 0.3) is 0 Å². The summed E-state index contributed by atoms with van der Waals surface area (Å²) in [5.41, 5.74) is 0.948. The van der Waals surface area contributed by atoms with Crippen LogP contribution in [0.1, 0.15) is 52.5 Å². The molecule has 2 N–H and O–H groups in total. The smallest absolute Gasteiger partial charge is 0.289 e. The normalized spacial score (nSPS) is 22.8. The monoisotopic (exact) mass is 306 g/mol. The highest BCUT2D eigenvalue weighted by Crippen LogP contribution is 2.38. The van der Waals surface area contributed by atoms with Crippen LogP contribution in [0.2, 0.25) is 0 Å². The molecule has 2 aliphatic rings. The van der Waals surface area contributed by atoms with E-state index in [1.807, 2.05) is 19.3 Å². The molecule has 0 radical (unpaired) electrons. The van der Waals surface area contributed by atoms with Crippen molar-refractivity contribution in [2.75, 3.05) is 0 Å². The molecule has 2 heterocycles. The summed E-state index contributed by atoms with van der Waals surface area (Å²) < 4.78 is 5.72. The van der Waals surface area contributed by atoms with Crippen LogP contribution in [0, 0.1) is 12.3 Å². The van der Waals surface area contributed by atoms with Gasteiger partial charge in [-0.25, -0.2) is 0 Å². The van der Waals surface area contributed by atoms with E-state index in [0.29, 0.717) is 29.7 Å². The lowest BCUT2D eigenvalue weighted by molar-refractivity contribution is 0.0887. The number of rotatable bonds is 2. The first-order chi connectivity index (χ1) is 9.87. The highest BCUT2D eigenvalue weighted by atomic mass is 32.2. The van der Waals surface area contributed by atoms with Crippen LogP contribution >= 0.6 is 11.8 Å². The number of thioether (sulfide) groups is 1. The maximum absolute atomic E-state index is 12.3. The Balaban J connectivity index is 1.87. The third-order valence-electron chi connectivity index (χ3n) is 3.78. The van der Waals surface area contributed by atoms with Crippen LogP contribution in [-0.4, -0.2) is 17.2 Å². The van der Waals surface area contributed by atoms with E-state index in [1.54, 1.807) is 13.1 Å². The van der Waals surface area contributed by atoms with E-state index in [0.717, 1.165) is 0 Å². The molecular formula is C15H18N2O3S. The number of furan rings is 1. The second kappa shape index (κ2) is 4.94. The van der Waals surface area contributed by atoms with E-state index in [2.05, 4.69) is 10.6 Å². The van der Waals surface area contributed by atoms with E-state index in [9.17, 15) is 9.59 Å². The molecule has 0 bridgehead atoms. The number of nitrogens with one attached hydrogen (secondary N) is 2. The summed E-state index contributed by atoms with van der Waals surface area (Å²) in [6.07, 6.45) is 2.95. The lowest BCUT2D eigenvalue weighted by Crippen LogP contribution is -2.38. The molecular weight excluding hydrogens is 288 g/mol. The van der Waals surface area contributed by atoms with Gasteiger partial charge in [0.25, 0.3) is 5.91 Å². The topological polar surface area (TPSA) is 71.3 Å². The van der Waals surface area contributed by atoms with Gasteiger partial charge in [0.05, 0.1) is 5.56 Å². The Hall–Kier alpha value is -1.69. The van der Waals surface area contributed by atoms with Crippen LogP contribution in [0.3, 0.4) is 0 Å². The fourth-order valence-electron chi connectivity index (χ4n) is 2.84. The molecule has 1 atom stereocenters. The molecule has 112 valence electrons. The molecule has 1 amide bonds. The highest BCUT2D eigenvalue weighted by Gasteiger charge is 2.37. The summed E-state index contributed by atoms with van der Waals surface area (Å²) in [4.78, 5) is 24.6. The average Bonchev–Trinajstić information content (AvgIpc) is 2.95. The molecule has 1 aliphatic heterocycles. The molecule has 0 saturated heterocycles. The summed E-state index contributed by atoms with van der Waals surface area (Å²) >= 11 is 1.47. The first-order valence-electron chi connectivity index (χ1n) is 6.90. The fraction of sp³-hybridized carbons (Fsp3) is 0.467. The largest absolute Gasteiger partial charge is 0.455 e. The summed E-state index contributed by atoms with van der Waals surface area (Å²) in [5.74, 6) is 0.669.